The van der Waals surface area contributed by atoms with Crippen LogP contribution >= 0.6 is 0 Å². The minimum atomic E-state index is -0.471. The van der Waals surface area contributed by atoms with Crippen molar-refractivity contribution in [3.05, 3.63) is 29.8 Å². The number of hydrogen-bond donors (Lipinski definition) is 3. The number of nitrogens with one attached hydrogen (secondary N) is 2. The number of benzene rings is 1. The standard InChI is InChI=1S/C13H17N3O2/c1-8(10-6-15-7-10)13(18)16-11-4-2-9(3-5-11)12(14)17/h2-5,8,10,15H,6-7H2,1H3,(H2,14,17)(H,16,18). The first-order valence-electron chi connectivity index (χ1n) is 5.99. The molecule has 1 unspecified atom stereocenters. The normalized spacial score (nSPS) is 16.7. The van der Waals surface area contributed by atoms with Crippen molar-refractivity contribution in [2.75, 3.05) is 18.4 Å². The molecule has 1 saturated heterocycles. The highest BCUT2D eigenvalue weighted by molar-refractivity contribution is 5.95. The lowest BCUT2D eigenvalue weighted by Crippen LogP contribution is -2.48. The van der Waals surface area contributed by atoms with Crippen molar-refractivity contribution in [1.29, 1.82) is 0 Å². The Labute approximate surface area is 106 Å². The van der Waals surface area contributed by atoms with Gasteiger partial charge in [-0.2, -0.15) is 0 Å². The third-order valence-electron chi connectivity index (χ3n) is 3.37. The van der Waals surface area contributed by atoms with Gasteiger partial charge in [0.1, 0.15) is 0 Å². The second-order valence-corrected chi connectivity index (χ2v) is 4.64. The number of carbonyl (C=O) groups excluding carboxylic acids is 2. The largest absolute Gasteiger partial charge is 0.366 e. The molecule has 96 valence electrons. The van der Waals surface area contributed by atoms with Crippen LogP contribution in [0.2, 0.25) is 0 Å². The van der Waals surface area contributed by atoms with Gasteiger partial charge in [0.15, 0.2) is 0 Å². The second-order valence-electron chi connectivity index (χ2n) is 4.64. The van der Waals surface area contributed by atoms with Gasteiger partial charge in [-0.3, -0.25) is 9.59 Å². The Kier molecular flexibility index (Phi) is 3.62. The summed E-state index contributed by atoms with van der Waals surface area (Å²) in [7, 11) is 0. The smallest absolute Gasteiger partial charge is 0.248 e. The van der Waals surface area contributed by atoms with E-state index >= 15 is 0 Å². The Morgan fingerprint density at radius 1 is 1.33 bits per heavy atom. The summed E-state index contributed by atoms with van der Waals surface area (Å²) in [4.78, 5) is 22.8. The molecule has 5 heteroatoms. The molecule has 2 amide bonds. The minimum absolute atomic E-state index is 0.00771. The van der Waals surface area contributed by atoms with E-state index in [1.807, 2.05) is 6.92 Å². The quantitative estimate of drug-likeness (QED) is 0.727. The van der Waals surface area contributed by atoms with E-state index in [1.54, 1.807) is 24.3 Å². The average Bonchev–Trinajstić information content (AvgIpc) is 2.27. The fraction of sp³-hybridized carbons (Fsp3) is 0.385. The van der Waals surface area contributed by atoms with Crippen molar-refractivity contribution in [3.8, 4) is 0 Å². The number of hydrogen-bond acceptors (Lipinski definition) is 3. The highest BCUT2D eigenvalue weighted by Gasteiger charge is 2.28. The zero-order chi connectivity index (χ0) is 13.1. The lowest BCUT2D eigenvalue weighted by atomic mass is 9.88. The highest BCUT2D eigenvalue weighted by Crippen LogP contribution is 2.18. The number of carbonyl (C=O) groups is 2. The second kappa shape index (κ2) is 5.18. The molecular formula is C13H17N3O2. The third-order valence-corrected chi connectivity index (χ3v) is 3.37. The van der Waals surface area contributed by atoms with Gasteiger partial charge in [-0.05, 0) is 43.3 Å². The number of anilines is 1. The summed E-state index contributed by atoms with van der Waals surface area (Å²) in [5, 5.41) is 5.99. The summed E-state index contributed by atoms with van der Waals surface area (Å²) in [6.07, 6.45) is 0. The van der Waals surface area contributed by atoms with Gasteiger partial charge in [0.25, 0.3) is 0 Å². The number of rotatable bonds is 4. The molecule has 0 saturated carbocycles. The average molecular weight is 247 g/mol. The molecule has 1 heterocycles. The maximum absolute atomic E-state index is 11.9. The monoisotopic (exact) mass is 247 g/mol. The van der Waals surface area contributed by atoms with Gasteiger partial charge in [0, 0.05) is 17.2 Å². The first-order chi connectivity index (χ1) is 8.58. The topological polar surface area (TPSA) is 84.2 Å². The Balaban J connectivity index is 1.96. The van der Waals surface area contributed by atoms with Crippen molar-refractivity contribution in [2.24, 2.45) is 17.6 Å². The summed E-state index contributed by atoms with van der Waals surface area (Å²) in [5.74, 6) is -0.0629. The molecule has 1 atom stereocenters. The third kappa shape index (κ3) is 2.68. The number of amides is 2. The molecule has 0 bridgehead atoms. The molecule has 4 N–H and O–H groups in total. The van der Waals surface area contributed by atoms with Crippen LogP contribution < -0.4 is 16.4 Å². The minimum Gasteiger partial charge on any atom is -0.366 e. The maximum Gasteiger partial charge on any atom is 0.248 e. The zero-order valence-corrected chi connectivity index (χ0v) is 10.3. The predicted molar refractivity (Wildman–Crippen MR) is 69.1 cm³/mol. The summed E-state index contributed by atoms with van der Waals surface area (Å²) >= 11 is 0. The Hall–Kier alpha value is -1.88. The van der Waals surface area contributed by atoms with E-state index in [9.17, 15) is 9.59 Å². The van der Waals surface area contributed by atoms with E-state index in [0.717, 1.165) is 13.1 Å². The van der Waals surface area contributed by atoms with Crippen molar-refractivity contribution in [1.82, 2.24) is 5.32 Å². The van der Waals surface area contributed by atoms with Crippen LogP contribution in [0.25, 0.3) is 0 Å². The van der Waals surface area contributed by atoms with Crippen molar-refractivity contribution in [3.63, 3.8) is 0 Å². The molecule has 1 fully saturated rings. The Morgan fingerprint density at radius 3 is 2.39 bits per heavy atom. The van der Waals surface area contributed by atoms with Gasteiger partial charge in [0.2, 0.25) is 11.8 Å². The van der Waals surface area contributed by atoms with E-state index in [2.05, 4.69) is 10.6 Å². The molecule has 1 aromatic rings. The lowest BCUT2D eigenvalue weighted by molar-refractivity contribution is -0.121. The first kappa shape index (κ1) is 12.6. The van der Waals surface area contributed by atoms with Gasteiger partial charge in [-0.15, -0.1) is 0 Å². The van der Waals surface area contributed by atoms with Gasteiger partial charge < -0.3 is 16.4 Å². The molecule has 1 aliphatic heterocycles. The SMILES string of the molecule is CC(C(=O)Nc1ccc(C(N)=O)cc1)C1CNC1. The molecular weight excluding hydrogens is 230 g/mol. The fourth-order valence-corrected chi connectivity index (χ4v) is 1.85. The molecule has 2 rings (SSSR count). The molecule has 1 aromatic carbocycles. The lowest BCUT2D eigenvalue weighted by Gasteiger charge is -2.31. The zero-order valence-electron chi connectivity index (χ0n) is 10.3. The molecule has 1 aliphatic rings. The van der Waals surface area contributed by atoms with Crippen molar-refractivity contribution < 1.29 is 9.59 Å². The highest BCUT2D eigenvalue weighted by atomic mass is 16.2. The summed E-state index contributed by atoms with van der Waals surface area (Å²) in [6.45, 7) is 3.73. The molecule has 0 spiro atoms. The van der Waals surface area contributed by atoms with Crippen molar-refractivity contribution in [2.45, 2.75) is 6.92 Å². The van der Waals surface area contributed by atoms with Crippen LogP contribution in [-0.2, 0) is 4.79 Å². The maximum atomic E-state index is 11.9. The number of nitrogens with two attached hydrogens (primary N) is 1. The van der Waals surface area contributed by atoms with Crippen LogP contribution in [0.5, 0.6) is 0 Å². The molecule has 5 nitrogen and oxygen atoms in total. The van der Waals surface area contributed by atoms with E-state index in [1.165, 1.54) is 0 Å². The van der Waals surface area contributed by atoms with Gasteiger partial charge in [-0.1, -0.05) is 6.92 Å². The van der Waals surface area contributed by atoms with E-state index < -0.39 is 5.91 Å². The van der Waals surface area contributed by atoms with Gasteiger partial charge in [0.05, 0.1) is 0 Å². The van der Waals surface area contributed by atoms with Crippen LogP contribution in [0.1, 0.15) is 17.3 Å². The first-order valence-corrected chi connectivity index (χ1v) is 5.99. The van der Waals surface area contributed by atoms with Crippen LogP contribution in [0, 0.1) is 11.8 Å². The van der Waals surface area contributed by atoms with E-state index in [4.69, 9.17) is 5.73 Å². The van der Waals surface area contributed by atoms with Crippen molar-refractivity contribution >= 4 is 17.5 Å². The van der Waals surface area contributed by atoms with E-state index in [-0.39, 0.29) is 11.8 Å². The van der Waals surface area contributed by atoms with Crippen LogP contribution in [0.15, 0.2) is 24.3 Å². The summed E-state index contributed by atoms with van der Waals surface area (Å²) in [6, 6.07) is 6.58. The molecule has 0 radical (unpaired) electrons. The fourth-order valence-electron chi connectivity index (χ4n) is 1.85. The molecule has 18 heavy (non-hydrogen) atoms. The Bertz CT molecular complexity index is 452. The van der Waals surface area contributed by atoms with Crippen LogP contribution in [-0.4, -0.2) is 24.9 Å². The predicted octanol–water partition coefficient (Wildman–Crippen LogP) is 0.579. The molecule has 0 aliphatic carbocycles. The summed E-state index contributed by atoms with van der Waals surface area (Å²) < 4.78 is 0. The van der Waals surface area contributed by atoms with Crippen LogP contribution in [0.3, 0.4) is 0 Å². The summed E-state index contributed by atoms with van der Waals surface area (Å²) in [5.41, 5.74) is 6.26. The van der Waals surface area contributed by atoms with E-state index in [0.29, 0.717) is 17.2 Å². The molecule has 0 aromatic heterocycles. The van der Waals surface area contributed by atoms with Gasteiger partial charge >= 0.3 is 0 Å². The van der Waals surface area contributed by atoms with Crippen LogP contribution in [0.4, 0.5) is 5.69 Å². The number of primary amides is 1. The van der Waals surface area contributed by atoms with Gasteiger partial charge in [-0.25, -0.2) is 0 Å². The Morgan fingerprint density at radius 2 is 1.94 bits per heavy atom.